The molecule has 44 heavy (non-hydrogen) atoms. The Labute approximate surface area is 258 Å². The first kappa shape index (κ1) is 29.6. The van der Waals surface area contributed by atoms with Gasteiger partial charge in [-0.15, -0.1) is 0 Å². The van der Waals surface area contributed by atoms with Gasteiger partial charge in [-0.1, -0.05) is 37.2 Å². The van der Waals surface area contributed by atoms with Crippen LogP contribution < -0.4 is 19.1 Å². The van der Waals surface area contributed by atoms with Crippen molar-refractivity contribution in [3.8, 4) is 17.2 Å². The first-order valence-electron chi connectivity index (χ1n) is 14.9. The molecule has 0 radical (unpaired) electrons. The number of amides is 1. The van der Waals surface area contributed by atoms with Crippen molar-refractivity contribution in [1.82, 2.24) is 4.98 Å². The quantitative estimate of drug-likeness (QED) is 0.0861. The Kier molecular flexibility index (Phi) is 8.27. The van der Waals surface area contributed by atoms with Gasteiger partial charge in [0.1, 0.15) is 23.4 Å². The summed E-state index contributed by atoms with van der Waals surface area (Å²) in [6.45, 7) is 6.83. The lowest BCUT2D eigenvalue weighted by molar-refractivity contribution is -0.132. The number of rotatable bonds is 10. The molecule has 2 aliphatic heterocycles. The standard InChI is InChI=1S/C34H33FN2O6S/c1-4-6-7-14-42-26-13-8-20(17-27(26)41-5-2)30-29(31(38)21-9-12-25-22(16-21)15-19(3)43-25)32(39)33(40)37(30)34-36-24-11-10-23(35)18-28(24)44-34/h8-13,16-19,30,38H,4-7,14-15H2,1-3H3/t19-,30-/m1/s1. The summed E-state index contributed by atoms with van der Waals surface area (Å²) in [5, 5.41) is 11.9. The highest BCUT2D eigenvalue weighted by Gasteiger charge is 2.48. The number of benzene rings is 3. The van der Waals surface area contributed by atoms with Crippen molar-refractivity contribution in [2.75, 3.05) is 18.1 Å². The Bertz CT molecular complexity index is 1780. The molecule has 1 fully saturated rings. The summed E-state index contributed by atoms with van der Waals surface area (Å²) < 4.78 is 32.3. The zero-order chi connectivity index (χ0) is 31.0. The topological polar surface area (TPSA) is 98.2 Å². The smallest absolute Gasteiger partial charge is 0.301 e. The van der Waals surface area contributed by atoms with Crippen molar-refractivity contribution in [2.24, 2.45) is 0 Å². The van der Waals surface area contributed by atoms with Gasteiger partial charge in [0.25, 0.3) is 5.78 Å². The van der Waals surface area contributed by atoms with Crippen LogP contribution in [0.5, 0.6) is 17.2 Å². The van der Waals surface area contributed by atoms with Gasteiger partial charge in [0.15, 0.2) is 16.6 Å². The van der Waals surface area contributed by atoms with E-state index in [0.29, 0.717) is 52.5 Å². The molecule has 1 aromatic heterocycles. The van der Waals surface area contributed by atoms with E-state index in [1.165, 1.54) is 23.1 Å². The minimum absolute atomic E-state index is 0.00320. The summed E-state index contributed by atoms with van der Waals surface area (Å²) >= 11 is 1.10. The normalized spacial score (nSPS) is 19.0. The monoisotopic (exact) mass is 616 g/mol. The summed E-state index contributed by atoms with van der Waals surface area (Å²) in [6.07, 6.45) is 3.65. The molecule has 228 valence electrons. The second kappa shape index (κ2) is 12.3. The Morgan fingerprint density at radius 2 is 1.91 bits per heavy atom. The molecule has 0 unspecified atom stereocenters. The molecule has 3 heterocycles. The number of carbonyl (C=O) groups is 2. The van der Waals surface area contributed by atoms with E-state index >= 15 is 0 Å². The summed E-state index contributed by atoms with van der Waals surface area (Å²) in [6, 6.07) is 13.6. The average molecular weight is 617 g/mol. The van der Waals surface area contributed by atoms with Crippen molar-refractivity contribution in [3.63, 3.8) is 0 Å². The molecule has 0 saturated carbocycles. The minimum atomic E-state index is -1.03. The SMILES string of the molecule is CCCCCOc1ccc([C@@H]2C(=C(O)c3ccc4c(c3)C[C@@H](C)O4)C(=O)C(=O)N2c2nc3ccc(F)cc3s2)cc1OCC. The van der Waals surface area contributed by atoms with Gasteiger partial charge in [-0.2, -0.15) is 0 Å². The summed E-state index contributed by atoms with van der Waals surface area (Å²) in [5.41, 5.74) is 2.25. The van der Waals surface area contributed by atoms with Crippen molar-refractivity contribution in [3.05, 3.63) is 82.7 Å². The number of fused-ring (bicyclic) bond motifs is 2. The maximum Gasteiger partial charge on any atom is 0.301 e. The van der Waals surface area contributed by atoms with Crippen LogP contribution in [0.25, 0.3) is 16.0 Å². The summed E-state index contributed by atoms with van der Waals surface area (Å²) in [5.74, 6) is -0.689. The number of thiazole rings is 1. The third-order valence-corrected chi connectivity index (χ3v) is 8.77. The number of unbranched alkanes of at least 4 members (excludes halogenated alkanes) is 2. The first-order valence-corrected chi connectivity index (χ1v) is 15.7. The average Bonchev–Trinajstić information content (AvgIpc) is 3.67. The molecular weight excluding hydrogens is 583 g/mol. The predicted octanol–water partition coefficient (Wildman–Crippen LogP) is 7.35. The van der Waals surface area contributed by atoms with E-state index in [9.17, 15) is 19.1 Å². The minimum Gasteiger partial charge on any atom is -0.507 e. The van der Waals surface area contributed by atoms with Crippen LogP contribution in [0, 0.1) is 5.82 Å². The van der Waals surface area contributed by atoms with Gasteiger partial charge in [0.05, 0.1) is 35.0 Å². The number of carbonyl (C=O) groups excluding carboxylic acids is 2. The number of hydrogen-bond donors (Lipinski definition) is 1. The molecule has 8 nitrogen and oxygen atoms in total. The molecule has 6 rings (SSSR count). The van der Waals surface area contributed by atoms with E-state index in [2.05, 4.69) is 11.9 Å². The fraction of sp³-hybridized carbons (Fsp3) is 0.324. The van der Waals surface area contributed by atoms with Crippen LogP contribution in [-0.2, 0) is 16.0 Å². The Hall–Kier alpha value is -4.44. The molecular formula is C34H33FN2O6S. The molecule has 2 atom stereocenters. The zero-order valence-electron chi connectivity index (χ0n) is 24.8. The number of aromatic nitrogens is 1. The molecule has 2 aliphatic rings. The van der Waals surface area contributed by atoms with Crippen LogP contribution in [0.2, 0.25) is 0 Å². The summed E-state index contributed by atoms with van der Waals surface area (Å²) in [4.78, 5) is 33.3. The van der Waals surface area contributed by atoms with Gasteiger partial charge >= 0.3 is 5.91 Å². The number of hydrogen-bond acceptors (Lipinski definition) is 8. The number of halogens is 1. The Morgan fingerprint density at radius 3 is 2.70 bits per heavy atom. The van der Waals surface area contributed by atoms with E-state index in [1.54, 1.807) is 36.4 Å². The maximum absolute atomic E-state index is 14.0. The van der Waals surface area contributed by atoms with E-state index in [-0.39, 0.29) is 22.6 Å². The highest BCUT2D eigenvalue weighted by molar-refractivity contribution is 7.22. The van der Waals surface area contributed by atoms with E-state index in [4.69, 9.17) is 14.2 Å². The van der Waals surface area contributed by atoms with Crippen molar-refractivity contribution in [2.45, 2.75) is 58.6 Å². The lowest BCUT2D eigenvalue weighted by atomic mass is 9.94. The fourth-order valence-electron chi connectivity index (χ4n) is 5.68. The van der Waals surface area contributed by atoms with Crippen molar-refractivity contribution < 1.29 is 33.3 Å². The number of anilines is 1. The van der Waals surface area contributed by atoms with Crippen LogP contribution >= 0.6 is 11.3 Å². The first-order chi connectivity index (χ1) is 21.3. The molecule has 1 amide bonds. The van der Waals surface area contributed by atoms with Crippen LogP contribution in [-0.4, -0.2) is 41.1 Å². The van der Waals surface area contributed by atoms with Gasteiger partial charge in [-0.25, -0.2) is 9.37 Å². The number of Topliss-reactive ketones (excluding diaryl/α,β-unsaturated/α-hetero) is 1. The Balaban J connectivity index is 1.49. The molecule has 0 bridgehead atoms. The second-order valence-electron chi connectivity index (χ2n) is 10.9. The number of aliphatic hydroxyl groups is 1. The lowest BCUT2D eigenvalue weighted by Gasteiger charge is -2.24. The van der Waals surface area contributed by atoms with Gasteiger partial charge in [0.2, 0.25) is 0 Å². The lowest BCUT2D eigenvalue weighted by Crippen LogP contribution is -2.29. The van der Waals surface area contributed by atoms with E-state index in [0.717, 1.165) is 41.9 Å². The molecule has 1 N–H and O–H groups in total. The fourth-order valence-corrected chi connectivity index (χ4v) is 6.69. The van der Waals surface area contributed by atoms with E-state index < -0.39 is 23.5 Å². The number of nitrogens with zero attached hydrogens (tertiary/aromatic N) is 2. The predicted molar refractivity (Wildman–Crippen MR) is 167 cm³/mol. The van der Waals surface area contributed by atoms with Gasteiger partial charge in [-0.3, -0.25) is 14.5 Å². The number of aliphatic hydroxyl groups excluding tert-OH is 1. The number of ether oxygens (including phenoxy) is 3. The van der Waals surface area contributed by atoms with Crippen LogP contribution in [0.15, 0.2) is 60.2 Å². The highest BCUT2D eigenvalue weighted by atomic mass is 32.1. The zero-order valence-corrected chi connectivity index (χ0v) is 25.6. The van der Waals surface area contributed by atoms with Crippen LogP contribution in [0.4, 0.5) is 9.52 Å². The molecule has 1 saturated heterocycles. The van der Waals surface area contributed by atoms with Crippen molar-refractivity contribution >= 4 is 44.1 Å². The third kappa shape index (κ3) is 5.50. The van der Waals surface area contributed by atoms with Gasteiger partial charge in [0, 0.05) is 12.0 Å². The van der Waals surface area contributed by atoms with E-state index in [1.807, 2.05) is 13.8 Å². The maximum atomic E-state index is 14.0. The third-order valence-electron chi connectivity index (χ3n) is 7.75. The van der Waals surface area contributed by atoms with Gasteiger partial charge in [-0.05, 0) is 79.9 Å². The Morgan fingerprint density at radius 1 is 1.07 bits per heavy atom. The molecule has 3 aromatic carbocycles. The van der Waals surface area contributed by atoms with Crippen LogP contribution in [0.1, 0.15) is 62.8 Å². The molecule has 0 aliphatic carbocycles. The summed E-state index contributed by atoms with van der Waals surface area (Å²) in [7, 11) is 0. The van der Waals surface area contributed by atoms with Crippen molar-refractivity contribution in [1.29, 1.82) is 0 Å². The van der Waals surface area contributed by atoms with Gasteiger partial charge < -0.3 is 19.3 Å². The molecule has 4 aromatic rings. The molecule has 10 heteroatoms. The van der Waals surface area contributed by atoms with Crippen LogP contribution in [0.3, 0.4) is 0 Å². The largest absolute Gasteiger partial charge is 0.507 e. The highest BCUT2D eigenvalue weighted by Crippen LogP contribution is 2.46. The second-order valence-corrected chi connectivity index (χ2v) is 11.9. The molecule has 0 spiro atoms. The number of ketones is 1.